The average molecular weight is 452 g/mol. The molecular formula is C25H23ClFN3O2. The summed E-state index contributed by atoms with van der Waals surface area (Å²) in [6.07, 6.45) is 1.06. The normalized spacial score (nSPS) is 13.9. The number of nitrogens with one attached hydrogen (secondary N) is 1. The number of benzene rings is 3. The first kappa shape index (κ1) is 21.8. The number of anilines is 2. The molecule has 5 nitrogen and oxygen atoms in total. The molecule has 0 bridgehead atoms. The van der Waals surface area contributed by atoms with Crippen molar-refractivity contribution >= 4 is 34.9 Å². The fourth-order valence-corrected chi connectivity index (χ4v) is 3.95. The van der Waals surface area contributed by atoms with Gasteiger partial charge in [-0.15, -0.1) is 0 Å². The van der Waals surface area contributed by atoms with E-state index in [4.69, 9.17) is 11.6 Å². The molecule has 3 amide bonds. The molecule has 0 aliphatic carbocycles. The van der Waals surface area contributed by atoms with Gasteiger partial charge in [-0.1, -0.05) is 54.1 Å². The van der Waals surface area contributed by atoms with Crippen LogP contribution < -0.4 is 10.2 Å². The molecule has 0 saturated carbocycles. The number of amides is 3. The standard InChI is InChI=1S/C25H23ClFN3O2/c26-22-9-4-8-19(24(22)27)17-29-14-5-15-30(25(29)32)21-12-10-20(11-13-21)28-23(31)16-18-6-2-1-3-7-18/h1-4,6-13H,5,14-17H2,(H,28,31). The zero-order chi connectivity index (χ0) is 22.5. The molecule has 32 heavy (non-hydrogen) atoms. The van der Waals surface area contributed by atoms with Crippen molar-refractivity contribution in [3.63, 3.8) is 0 Å². The van der Waals surface area contributed by atoms with Gasteiger partial charge in [-0.25, -0.2) is 9.18 Å². The molecule has 1 aliphatic heterocycles. The summed E-state index contributed by atoms with van der Waals surface area (Å²) in [5, 5.41) is 2.93. The Kier molecular flexibility index (Phi) is 6.71. The van der Waals surface area contributed by atoms with E-state index in [1.165, 1.54) is 6.07 Å². The van der Waals surface area contributed by atoms with Gasteiger partial charge in [-0.2, -0.15) is 0 Å². The topological polar surface area (TPSA) is 52.7 Å². The van der Waals surface area contributed by atoms with Crippen molar-refractivity contribution in [1.29, 1.82) is 0 Å². The Balaban J connectivity index is 1.40. The van der Waals surface area contributed by atoms with Crippen LogP contribution in [0.3, 0.4) is 0 Å². The molecule has 1 heterocycles. The molecule has 4 rings (SSSR count). The number of halogens is 2. The number of rotatable bonds is 6. The van der Waals surface area contributed by atoms with E-state index in [0.717, 1.165) is 17.7 Å². The summed E-state index contributed by atoms with van der Waals surface area (Å²) < 4.78 is 14.3. The summed E-state index contributed by atoms with van der Waals surface area (Å²) in [4.78, 5) is 28.6. The third-order valence-corrected chi connectivity index (χ3v) is 5.67. The van der Waals surface area contributed by atoms with E-state index >= 15 is 0 Å². The number of hydrogen-bond acceptors (Lipinski definition) is 2. The molecule has 0 atom stereocenters. The van der Waals surface area contributed by atoms with E-state index in [2.05, 4.69) is 5.32 Å². The second-order valence-corrected chi connectivity index (χ2v) is 8.09. The Labute approximate surface area is 191 Å². The monoisotopic (exact) mass is 451 g/mol. The van der Waals surface area contributed by atoms with Crippen molar-refractivity contribution in [2.24, 2.45) is 0 Å². The molecule has 0 radical (unpaired) electrons. The molecular weight excluding hydrogens is 429 g/mol. The van der Waals surface area contributed by atoms with E-state index in [-0.39, 0.29) is 23.5 Å². The maximum absolute atomic E-state index is 14.3. The molecule has 1 N–H and O–H groups in total. The zero-order valence-corrected chi connectivity index (χ0v) is 18.2. The minimum absolute atomic E-state index is 0.0497. The summed E-state index contributed by atoms with van der Waals surface area (Å²) in [6.45, 7) is 1.29. The van der Waals surface area contributed by atoms with Crippen molar-refractivity contribution in [3.8, 4) is 0 Å². The van der Waals surface area contributed by atoms with Gasteiger partial charge in [0.1, 0.15) is 5.82 Å². The fourth-order valence-electron chi connectivity index (χ4n) is 3.76. The van der Waals surface area contributed by atoms with Crippen molar-refractivity contribution in [2.75, 3.05) is 23.3 Å². The van der Waals surface area contributed by atoms with Crippen molar-refractivity contribution in [3.05, 3.63) is 94.8 Å². The molecule has 0 spiro atoms. The first-order valence-corrected chi connectivity index (χ1v) is 10.8. The maximum Gasteiger partial charge on any atom is 0.324 e. The van der Waals surface area contributed by atoms with Crippen LogP contribution in [-0.4, -0.2) is 29.9 Å². The number of urea groups is 1. The van der Waals surface area contributed by atoms with Gasteiger partial charge in [-0.05, 0) is 42.3 Å². The Morgan fingerprint density at radius 3 is 2.47 bits per heavy atom. The van der Waals surface area contributed by atoms with Crippen LogP contribution in [0.2, 0.25) is 5.02 Å². The smallest absolute Gasteiger partial charge is 0.324 e. The van der Waals surface area contributed by atoms with E-state index < -0.39 is 5.82 Å². The Morgan fingerprint density at radius 1 is 0.969 bits per heavy atom. The molecule has 1 fully saturated rings. The number of carbonyl (C=O) groups is 2. The highest BCUT2D eigenvalue weighted by atomic mass is 35.5. The lowest BCUT2D eigenvalue weighted by molar-refractivity contribution is -0.115. The third-order valence-electron chi connectivity index (χ3n) is 5.37. The van der Waals surface area contributed by atoms with Crippen molar-refractivity contribution in [1.82, 2.24) is 4.90 Å². The molecule has 1 saturated heterocycles. The van der Waals surface area contributed by atoms with Crippen LogP contribution in [0, 0.1) is 5.82 Å². The van der Waals surface area contributed by atoms with Crippen LogP contribution in [0.5, 0.6) is 0 Å². The Hall–Kier alpha value is -3.38. The molecule has 1 aliphatic rings. The van der Waals surface area contributed by atoms with Gasteiger partial charge < -0.3 is 10.2 Å². The molecule has 3 aromatic carbocycles. The second kappa shape index (κ2) is 9.83. The first-order valence-electron chi connectivity index (χ1n) is 10.4. The van der Waals surface area contributed by atoms with Crippen molar-refractivity contribution < 1.29 is 14.0 Å². The lowest BCUT2D eigenvalue weighted by Crippen LogP contribution is -2.49. The number of hydrogen-bond donors (Lipinski definition) is 1. The highest BCUT2D eigenvalue weighted by molar-refractivity contribution is 6.30. The van der Waals surface area contributed by atoms with Crippen molar-refractivity contribution in [2.45, 2.75) is 19.4 Å². The first-order chi connectivity index (χ1) is 15.5. The fraction of sp³-hybridized carbons (Fsp3) is 0.200. The quantitative estimate of drug-likeness (QED) is 0.538. The highest BCUT2D eigenvalue weighted by Crippen LogP contribution is 2.25. The number of nitrogens with zero attached hydrogens (tertiary/aromatic N) is 2. The molecule has 164 valence electrons. The Morgan fingerprint density at radius 2 is 1.72 bits per heavy atom. The number of carbonyl (C=O) groups excluding carboxylic acids is 2. The molecule has 7 heteroatoms. The third kappa shape index (κ3) is 5.08. The molecule has 0 unspecified atom stereocenters. The summed E-state index contributed by atoms with van der Waals surface area (Å²) in [6, 6.07) is 21.3. The zero-order valence-electron chi connectivity index (χ0n) is 17.4. The minimum atomic E-state index is -0.491. The van der Waals surface area contributed by atoms with Gasteiger partial charge in [0, 0.05) is 30.0 Å². The predicted molar refractivity (Wildman–Crippen MR) is 124 cm³/mol. The van der Waals surface area contributed by atoms with Gasteiger partial charge in [0.2, 0.25) is 5.91 Å². The maximum atomic E-state index is 14.3. The van der Waals surface area contributed by atoms with Gasteiger partial charge in [-0.3, -0.25) is 9.69 Å². The summed E-state index contributed by atoms with van der Waals surface area (Å²) >= 11 is 5.87. The SMILES string of the molecule is O=C(Cc1ccccc1)Nc1ccc(N2CCCN(Cc3cccc(Cl)c3F)C2=O)cc1. The Bertz CT molecular complexity index is 1110. The lowest BCUT2D eigenvalue weighted by atomic mass is 10.1. The summed E-state index contributed by atoms with van der Waals surface area (Å²) in [5.74, 6) is -0.595. The minimum Gasteiger partial charge on any atom is -0.326 e. The van der Waals surface area contributed by atoms with E-state index in [9.17, 15) is 14.0 Å². The van der Waals surface area contributed by atoms with Gasteiger partial charge in [0.05, 0.1) is 18.0 Å². The molecule has 0 aromatic heterocycles. The predicted octanol–water partition coefficient (Wildman–Crippen LogP) is 5.49. The largest absolute Gasteiger partial charge is 0.326 e. The van der Waals surface area contributed by atoms with Crippen LogP contribution in [0.25, 0.3) is 0 Å². The van der Waals surface area contributed by atoms with E-state index in [0.29, 0.717) is 30.8 Å². The van der Waals surface area contributed by atoms with Gasteiger partial charge >= 0.3 is 6.03 Å². The lowest BCUT2D eigenvalue weighted by Gasteiger charge is -2.35. The van der Waals surface area contributed by atoms with Crippen LogP contribution in [0.4, 0.5) is 20.6 Å². The van der Waals surface area contributed by atoms with Crippen LogP contribution in [0.15, 0.2) is 72.8 Å². The van der Waals surface area contributed by atoms with Gasteiger partial charge in [0.25, 0.3) is 0 Å². The summed E-state index contributed by atoms with van der Waals surface area (Å²) in [5.41, 5.74) is 2.73. The van der Waals surface area contributed by atoms with Crippen LogP contribution >= 0.6 is 11.6 Å². The highest BCUT2D eigenvalue weighted by Gasteiger charge is 2.27. The van der Waals surface area contributed by atoms with Crippen LogP contribution in [0.1, 0.15) is 17.5 Å². The van der Waals surface area contributed by atoms with E-state index in [1.54, 1.807) is 46.2 Å². The van der Waals surface area contributed by atoms with Crippen LogP contribution in [-0.2, 0) is 17.8 Å². The average Bonchev–Trinajstić information content (AvgIpc) is 2.79. The summed E-state index contributed by atoms with van der Waals surface area (Å²) in [7, 11) is 0. The second-order valence-electron chi connectivity index (χ2n) is 7.68. The van der Waals surface area contributed by atoms with Gasteiger partial charge in [0.15, 0.2) is 0 Å². The van der Waals surface area contributed by atoms with E-state index in [1.807, 2.05) is 30.3 Å². The molecule has 3 aromatic rings.